The van der Waals surface area contributed by atoms with Gasteiger partial charge in [0, 0.05) is 0 Å². The zero-order chi connectivity index (χ0) is 9.68. The Morgan fingerprint density at radius 1 is 1.38 bits per heavy atom. The van der Waals surface area contributed by atoms with E-state index in [1.165, 1.54) is 5.01 Å². The highest BCUT2D eigenvalue weighted by molar-refractivity contribution is 5.47. The van der Waals surface area contributed by atoms with Gasteiger partial charge in [0.1, 0.15) is 5.75 Å². The quantitative estimate of drug-likeness (QED) is 0.521. The minimum absolute atomic E-state index is 0.0442. The fourth-order valence-electron chi connectivity index (χ4n) is 1.01. The average molecular weight is 182 g/mol. The number of rotatable bonds is 4. The summed E-state index contributed by atoms with van der Waals surface area (Å²) in [6, 6.07) is 7.34. The van der Waals surface area contributed by atoms with Gasteiger partial charge in [-0.15, -0.1) is 0 Å². The van der Waals surface area contributed by atoms with E-state index in [1.807, 2.05) is 24.3 Å². The summed E-state index contributed by atoms with van der Waals surface area (Å²) in [6.45, 7) is 0.467. The van der Waals surface area contributed by atoms with E-state index in [2.05, 4.69) is 0 Å². The van der Waals surface area contributed by atoms with Crippen molar-refractivity contribution in [2.45, 2.75) is 0 Å². The summed E-state index contributed by atoms with van der Waals surface area (Å²) >= 11 is 0. The Kier molecular flexibility index (Phi) is 3.54. The van der Waals surface area contributed by atoms with Gasteiger partial charge in [-0.05, 0) is 24.3 Å². The minimum atomic E-state index is 0.0442. The molecule has 72 valence electrons. The zero-order valence-electron chi connectivity index (χ0n) is 7.60. The van der Waals surface area contributed by atoms with Crippen molar-refractivity contribution < 1.29 is 9.84 Å². The second-order valence-corrected chi connectivity index (χ2v) is 2.62. The molecule has 0 fully saturated rings. The van der Waals surface area contributed by atoms with Gasteiger partial charge >= 0.3 is 0 Å². The molecule has 4 heteroatoms. The summed E-state index contributed by atoms with van der Waals surface area (Å²) in [4.78, 5) is 0. The second-order valence-electron chi connectivity index (χ2n) is 2.62. The van der Waals surface area contributed by atoms with E-state index in [4.69, 9.17) is 15.7 Å². The monoisotopic (exact) mass is 182 g/mol. The smallest absolute Gasteiger partial charge is 0.119 e. The minimum Gasteiger partial charge on any atom is -0.497 e. The SMILES string of the molecule is COc1ccc(N(N)CCO)cc1. The molecule has 1 aromatic rings. The van der Waals surface area contributed by atoms with Crippen molar-refractivity contribution >= 4 is 5.69 Å². The van der Waals surface area contributed by atoms with E-state index >= 15 is 0 Å². The molecule has 0 aliphatic rings. The average Bonchev–Trinajstić information content (AvgIpc) is 2.18. The Labute approximate surface area is 77.5 Å². The molecule has 0 atom stereocenters. The van der Waals surface area contributed by atoms with E-state index in [0.29, 0.717) is 6.54 Å². The molecule has 3 N–H and O–H groups in total. The number of methoxy groups -OCH3 is 1. The first-order valence-corrected chi connectivity index (χ1v) is 4.05. The van der Waals surface area contributed by atoms with Gasteiger partial charge in [0.05, 0.1) is 25.9 Å². The summed E-state index contributed by atoms with van der Waals surface area (Å²) in [5.74, 6) is 6.42. The number of nitrogens with two attached hydrogens (primary N) is 1. The predicted molar refractivity (Wildman–Crippen MR) is 51.6 cm³/mol. The number of anilines is 1. The largest absolute Gasteiger partial charge is 0.497 e. The third-order valence-electron chi connectivity index (χ3n) is 1.74. The maximum absolute atomic E-state index is 8.65. The summed E-state index contributed by atoms with van der Waals surface area (Å²) in [5, 5.41) is 10.1. The van der Waals surface area contributed by atoms with Crippen LogP contribution in [0.1, 0.15) is 0 Å². The molecule has 0 saturated carbocycles. The zero-order valence-corrected chi connectivity index (χ0v) is 7.60. The first-order valence-electron chi connectivity index (χ1n) is 4.05. The molecular formula is C9H14N2O2. The number of ether oxygens (including phenoxy) is 1. The van der Waals surface area contributed by atoms with Gasteiger partial charge in [0.15, 0.2) is 0 Å². The molecule has 0 aliphatic heterocycles. The molecule has 13 heavy (non-hydrogen) atoms. The van der Waals surface area contributed by atoms with Crippen LogP contribution < -0.4 is 15.6 Å². The van der Waals surface area contributed by atoms with Crippen LogP contribution in [0.5, 0.6) is 5.75 Å². The lowest BCUT2D eigenvalue weighted by Crippen LogP contribution is -2.33. The molecule has 0 saturated heterocycles. The van der Waals surface area contributed by atoms with Crippen LogP contribution in [0.4, 0.5) is 5.69 Å². The Balaban J connectivity index is 2.67. The van der Waals surface area contributed by atoms with Crippen LogP contribution in [0.25, 0.3) is 0 Å². The molecular weight excluding hydrogens is 168 g/mol. The van der Waals surface area contributed by atoms with Crippen LogP contribution in [-0.2, 0) is 0 Å². The van der Waals surface area contributed by atoms with Crippen molar-refractivity contribution in [1.29, 1.82) is 0 Å². The fourth-order valence-corrected chi connectivity index (χ4v) is 1.01. The standard InChI is InChI=1S/C9H14N2O2/c1-13-9-4-2-8(3-5-9)11(10)6-7-12/h2-5,12H,6-7,10H2,1H3. The van der Waals surface area contributed by atoms with Gasteiger partial charge in [-0.2, -0.15) is 0 Å². The highest BCUT2D eigenvalue weighted by atomic mass is 16.5. The van der Waals surface area contributed by atoms with Crippen molar-refractivity contribution in [3.63, 3.8) is 0 Å². The van der Waals surface area contributed by atoms with E-state index in [1.54, 1.807) is 7.11 Å². The molecule has 0 aliphatic carbocycles. The first kappa shape index (κ1) is 9.83. The number of benzene rings is 1. The van der Waals surface area contributed by atoms with Gasteiger partial charge in [-0.3, -0.25) is 0 Å². The molecule has 0 spiro atoms. The third-order valence-corrected chi connectivity index (χ3v) is 1.74. The lowest BCUT2D eigenvalue weighted by Gasteiger charge is -2.17. The highest BCUT2D eigenvalue weighted by Gasteiger charge is 1.99. The Morgan fingerprint density at radius 3 is 2.46 bits per heavy atom. The van der Waals surface area contributed by atoms with Crippen LogP contribution >= 0.6 is 0 Å². The summed E-state index contributed by atoms with van der Waals surface area (Å²) < 4.78 is 5.00. The van der Waals surface area contributed by atoms with Crippen LogP contribution in [-0.4, -0.2) is 25.4 Å². The molecule has 0 aromatic heterocycles. The number of aliphatic hydroxyl groups excluding tert-OH is 1. The van der Waals surface area contributed by atoms with E-state index in [-0.39, 0.29) is 6.61 Å². The number of hydrazine groups is 1. The first-order chi connectivity index (χ1) is 6.27. The van der Waals surface area contributed by atoms with E-state index < -0.39 is 0 Å². The van der Waals surface area contributed by atoms with E-state index in [9.17, 15) is 0 Å². The second kappa shape index (κ2) is 4.69. The molecule has 4 nitrogen and oxygen atoms in total. The number of nitrogens with zero attached hydrogens (tertiary/aromatic N) is 1. The Morgan fingerprint density at radius 2 is 2.00 bits per heavy atom. The maximum Gasteiger partial charge on any atom is 0.119 e. The van der Waals surface area contributed by atoms with Crippen LogP contribution in [0.2, 0.25) is 0 Å². The fraction of sp³-hybridized carbons (Fsp3) is 0.333. The van der Waals surface area contributed by atoms with Crippen molar-refractivity contribution in [2.75, 3.05) is 25.3 Å². The van der Waals surface area contributed by atoms with Gasteiger partial charge in [-0.25, -0.2) is 5.84 Å². The predicted octanol–water partition coefficient (Wildman–Crippen LogP) is 0.368. The van der Waals surface area contributed by atoms with Crippen molar-refractivity contribution in [3.8, 4) is 5.75 Å². The normalized spacial score (nSPS) is 9.77. The molecule has 0 radical (unpaired) electrons. The Bertz CT molecular complexity index is 248. The van der Waals surface area contributed by atoms with Crippen molar-refractivity contribution in [1.82, 2.24) is 0 Å². The molecule has 1 rings (SSSR count). The number of aliphatic hydroxyl groups is 1. The van der Waals surface area contributed by atoms with Gasteiger partial charge in [0.25, 0.3) is 0 Å². The van der Waals surface area contributed by atoms with Gasteiger partial charge in [-0.1, -0.05) is 0 Å². The van der Waals surface area contributed by atoms with Gasteiger partial charge < -0.3 is 14.9 Å². The summed E-state index contributed by atoms with van der Waals surface area (Å²) in [5.41, 5.74) is 0.856. The molecule has 0 amide bonds. The van der Waals surface area contributed by atoms with Crippen LogP contribution in [0, 0.1) is 0 Å². The lowest BCUT2D eigenvalue weighted by atomic mass is 10.3. The summed E-state index contributed by atoms with van der Waals surface area (Å²) in [7, 11) is 1.61. The highest BCUT2D eigenvalue weighted by Crippen LogP contribution is 2.16. The van der Waals surface area contributed by atoms with Crippen LogP contribution in [0.15, 0.2) is 24.3 Å². The summed E-state index contributed by atoms with van der Waals surface area (Å²) in [6.07, 6.45) is 0. The van der Waals surface area contributed by atoms with Gasteiger partial charge in [0.2, 0.25) is 0 Å². The topological polar surface area (TPSA) is 58.7 Å². The van der Waals surface area contributed by atoms with Crippen molar-refractivity contribution in [2.24, 2.45) is 5.84 Å². The third kappa shape index (κ3) is 2.61. The molecule has 1 aromatic carbocycles. The molecule has 0 bridgehead atoms. The van der Waals surface area contributed by atoms with Crippen LogP contribution in [0.3, 0.4) is 0 Å². The molecule has 0 unspecified atom stereocenters. The maximum atomic E-state index is 8.65. The number of hydrogen-bond donors (Lipinski definition) is 2. The Hall–Kier alpha value is -1.26. The van der Waals surface area contributed by atoms with Crippen molar-refractivity contribution in [3.05, 3.63) is 24.3 Å². The van der Waals surface area contributed by atoms with E-state index in [0.717, 1.165) is 11.4 Å². The lowest BCUT2D eigenvalue weighted by molar-refractivity contribution is 0.302. The number of hydrogen-bond acceptors (Lipinski definition) is 4. The molecule has 0 heterocycles.